The molecule has 0 fully saturated rings. The fourth-order valence-electron chi connectivity index (χ4n) is 1.94. The van der Waals surface area contributed by atoms with Crippen LogP contribution in [0.2, 0.25) is 0 Å². The minimum atomic E-state index is -0.713. The molecule has 0 bridgehead atoms. The number of unbranched alkanes of at least 4 members (excludes halogenated alkanes) is 5. The molecule has 1 aromatic rings. The van der Waals surface area contributed by atoms with Crippen LogP contribution in [-0.2, 0) is 4.79 Å². The van der Waals surface area contributed by atoms with Gasteiger partial charge >= 0.3 is 5.97 Å². The van der Waals surface area contributed by atoms with Crippen LogP contribution >= 0.6 is 0 Å². The molecule has 0 atom stereocenters. The summed E-state index contributed by atoms with van der Waals surface area (Å²) in [5, 5.41) is 12.0. The van der Waals surface area contributed by atoms with Gasteiger partial charge in [0, 0.05) is 17.0 Å². The number of hydrogen-bond donors (Lipinski definition) is 1. The summed E-state index contributed by atoms with van der Waals surface area (Å²) in [6, 6.07) is 7.01. The molecule has 1 rings (SSSR count). The Morgan fingerprint density at radius 1 is 1.10 bits per heavy atom. The monoisotopic (exact) mass is 291 g/mol. The molecule has 0 spiro atoms. The largest absolute Gasteiger partial charge is 0.494 e. The molecule has 0 amide bonds. The number of carboxylic acid groups (broad SMARTS) is 1. The Kier molecular flexibility index (Phi) is 8.48. The highest BCUT2D eigenvalue weighted by atomic mass is 16.5. The van der Waals surface area contributed by atoms with Gasteiger partial charge in [0.15, 0.2) is 0 Å². The van der Waals surface area contributed by atoms with Crippen LogP contribution in [0.1, 0.15) is 44.9 Å². The third-order valence-corrected chi connectivity index (χ3v) is 3.05. The van der Waals surface area contributed by atoms with Crippen molar-refractivity contribution in [1.82, 2.24) is 0 Å². The van der Waals surface area contributed by atoms with Gasteiger partial charge in [-0.3, -0.25) is 4.79 Å². The van der Waals surface area contributed by atoms with E-state index in [1.54, 1.807) is 24.3 Å². The topological polar surface area (TPSA) is 95.3 Å². The number of ether oxygens (including phenoxy) is 1. The predicted octanol–water partition coefficient (Wildman–Crippen LogP) is 4.82. The van der Waals surface area contributed by atoms with Crippen LogP contribution in [-0.4, -0.2) is 17.7 Å². The van der Waals surface area contributed by atoms with Crippen LogP contribution in [0.4, 0.5) is 5.69 Å². The molecule has 0 saturated carbocycles. The summed E-state index contributed by atoms with van der Waals surface area (Å²) < 4.78 is 5.59. The van der Waals surface area contributed by atoms with E-state index in [1.165, 1.54) is 0 Å². The summed E-state index contributed by atoms with van der Waals surface area (Å²) >= 11 is 0. The van der Waals surface area contributed by atoms with Crippen molar-refractivity contribution in [1.29, 1.82) is 0 Å². The predicted molar refractivity (Wildman–Crippen MR) is 80.7 cm³/mol. The van der Waals surface area contributed by atoms with Crippen LogP contribution in [0.5, 0.6) is 5.75 Å². The van der Waals surface area contributed by atoms with E-state index in [4.69, 9.17) is 15.4 Å². The van der Waals surface area contributed by atoms with E-state index in [2.05, 4.69) is 10.0 Å². The van der Waals surface area contributed by atoms with E-state index in [0.29, 0.717) is 12.3 Å². The molecule has 0 saturated heterocycles. The number of benzene rings is 1. The first-order valence-electron chi connectivity index (χ1n) is 7.22. The normalized spacial score (nSPS) is 9.90. The van der Waals surface area contributed by atoms with Crippen LogP contribution < -0.4 is 4.74 Å². The van der Waals surface area contributed by atoms with Gasteiger partial charge in [-0.1, -0.05) is 30.8 Å². The Balaban J connectivity index is 2.01. The van der Waals surface area contributed by atoms with Crippen LogP contribution in [0.15, 0.2) is 29.4 Å². The smallest absolute Gasteiger partial charge is 0.303 e. The van der Waals surface area contributed by atoms with Gasteiger partial charge in [-0.25, -0.2) is 0 Å². The molecule has 0 heterocycles. The van der Waals surface area contributed by atoms with Gasteiger partial charge in [0.2, 0.25) is 0 Å². The summed E-state index contributed by atoms with van der Waals surface area (Å²) in [6.07, 6.45) is 6.28. The van der Waals surface area contributed by atoms with E-state index in [0.717, 1.165) is 44.3 Å². The SMILES string of the molecule is [N-]=[N+]=Nc1ccc(OCCCCCCCCC(=O)O)cc1. The van der Waals surface area contributed by atoms with Crippen molar-refractivity contribution in [3.8, 4) is 5.75 Å². The Bertz CT molecular complexity index is 468. The second kappa shape index (κ2) is 10.6. The molecule has 0 aliphatic heterocycles. The summed E-state index contributed by atoms with van der Waals surface area (Å²) in [5.74, 6) is 0.0585. The van der Waals surface area contributed by atoms with E-state index in [-0.39, 0.29) is 6.42 Å². The highest BCUT2D eigenvalue weighted by molar-refractivity contribution is 5.66. The van der Waals surface area contributed by atoms with Crippen molar-refractivity contribution in [2.45, 2.75) is 44.9 Å². The fraction of sp³-hybridized carbons (Fsp3) is 0.533. The maximum absolute atomic E-state index is 10.3. The van der Waals surface area contributed by atoms with E-state index in [9.17, 15) is 4.79 Å². The lowest BCUT2D eigenvalue weighted by Crippen LogP contribution is -1.97. The summed E-state index contributed by atoms with van der Waals surface area (Å²) in [5.41, 5.74) is 8.87. The molecule has 0 radical (unpaired) electrons. The number of hydrogen-bond acceptors (Lipinski definition) is 3. The lowest BCUT2D eigenvalue weighted by atomic mass is 10.1. The molecule has 0 aromatic heterocycles. The van der Waals surface area contributed by atoms with Crippen molar-refractivity contribution in [2.75, 3.05) is 6.61 Å². The molecule has 1 N–H and O–H groups in total. The van der Waals surface area contributed by atoms with Gasteiger partial charge in [0.1, 0.15) is 5.75 Å². The Hall–Kier alpha value is -2.20. The molecular formula is C15H21N3O3. The van der Waals surface area contributed by atoms with E-state index in [1.807, 2.05) is 0 Å². The maximum Gasteiger partial charge on any atom is 0.303 e. The standard InChI is InChI=1S/C15H21N3O3/c16-18-17-13-8-10-14(11-9-13)21-12-6-4-2-1-3-5-7-15(19)20/h8-11H,1-7,12H2,(H,19,20). The Labute approximate surface area is 124 Å². The van der Waals surface area contributed by atoms with Crippen molar-refractivity contribution in [3.63, 3.8) is 0 Å². The zero-order valence-corrected chi connectivity index (χ0v) is 12.1. The van der Waals surface area contributed by atoms with Gasteiger partial charge in [-0.05, 0) is 42.6 Å². The fourth-order valence-corrected chi connectivity index (χ4v) is 1.94. The lowest BCUT2D eigenvalue weighted by molar-refractivity contribution is -0.137. The van der Waals surface area contributed by atoms with Crippen molar-refractivity contribution in [2.24, 2.45) is 5.11 Å². The average Bonchev–Trinajstić information content (AvgIpc) is 2.47. The molecule has 6 heteroatoms. The van der Waals surface area contributed by atoms with Crippen molar-refractivity contribution in [3.05, 3.63) is 34.7 Å². The summed E-state index contributed by atoms with van der Waals surface area (Å²) in [4.78, 5) is 13.0. The van der Waals surface area contributed by atoms with Gasteiger partial charge in [0.05, 0.1) is 6.61 Å². The van der Waals surface area contributed by atoms with Gasteiger partial charge in [-0.15, -0.1) is 0 Å². The molecule has 0 aliphatic rings. The quantitative estimate of drug-likeness (QED) is 0.274. The molecule has 1 aromatic carbocycles. The Morgan fingerprint density at radius 3 is 2.33 bits per heavy atom. The third kappa shape index (κ3) is 8.55. The minimum absolute atomic E-state index is 0.273. The summed E-state index contributed by atoms with van der Waals surface area (Å²) in [6.45, 7) is 0.663. The minimum Gasteiger partial charge on any atom is -0.494 e. The summed E-state index contributed by atoms with van der Waals surface area (Å²) in [7, 11) is 0. The molecule has 21 heavy (non-hydrogen) atoms. The Morgan fingerprint density at radius 2 is 1.71 bits per heavy atom. The second-order valence-electron chi connectivity index (χ2n) is 4.80. The molecule has 6 nitrogen and oxygen atoms in total. The zero-order valence-electron chi connectivity index (χ0n) is 12.1. The van der Waals surface area contributed by atoms with Gasteiger partial charge in [-0.2, -0.15) is 0 Å². The number of carbonyl (C=O) groups is 1. The molecule has 0 unspecified atom stereocenters. The second-order valence-corrected chi connectivity index (χ2v) is 4.80. The number of carboxylic acids is 1. The highest BCUT2D eigenvalue weighted by Crippen LogP contribution is 2.18. The number of azide groups is 1. The highest BCUT2D eigenvalue weighted by Gasteiger charge is 1.97. The van der Waals surface area contributed by atoms with Crippen molar-refractivity contribution >= 4 is 11.7 Å². The number of rotatable bonds is 11. The number of nitrogens with zero attached hydrogens (tertiary/aromatic N) is 3. The lowest BCUT2D eigenvalue weighted by Gasteiger charge is -2.06. The van der Waals surface area contributed by atoms with Crippen LogP contribution in [0.25, 0.3) is 10.4 Å². The van der Waals surface area contributed by atoms with Crippen molar-refractivity contribution < 1.29 is 14.6 Å². The van der Waals surface area contributed by atoms with Crippen LogP contribution in [0, 0.1) is 0 Å². The molecule has 0 aliphatic carbocycles. The number of aliphatic carboxylic acids is 1. The molecule has 114 valence electrons. The first-order valence-corrected chi connectivity index (χ1v) is 7.22. The first-order chi connectivity index (χ1) is 10.2. The van der Waals surface area contributed by atoms with Crippen LogP contribution in [0.3, 0.4) is 0 Å². The van der Waals surface area contributed by atoms with E-state index >= 15 is 0 Å². The zero-order chi connectivity index (χ0) is 15.3. The maximum atomic E-state index is 10.3. The first kappa shape index (κ1) is 16.9. The van der Waals surface area contributed by atoms with Gasteiger partial charge in [0.25, 0.3) is 0 Å². The van der Waals surface area contributed by atoms with Gasteiger partial charge < -0.3 is 9.84 Å². The molecular weight excluding hydrogens is 270 g/mol. The van der Waals surface area contributed by atoms with E-state index < -0.39 is 5.97 Å². The third-order valence-electron chi connectivity index (χ3n) is 3.05. The average molecular weight is 291 g/mol.